The van der Waals surface area contributed by atoms with Gasteiger partial charge in [0.15, 0.2) is 0 Å². The molecule has 90 valence electrons. The molecule has 0 aliphatic rings. The van der Waals surface area contributed by atoms with Crippen molar-refractivity contribution >= 4 is 15.9 Å². The second-order valence-corrected chi connectivity index (χ2v) is 4.96. The predicted molar refractivity (Wildman–Crippen MR) is 71.4 cm³/mol. The Morgan fingerprint density at radius 1 is 1.41 bits per heavy atom. The predicted octanol–water partition coefficient (Wildman–Crippen LogP) is 3.10. The van der Waals surface area contributed by atoms with Crippen LogP contribution < -0.4 is 11.3 Å². The topological polar surface area (TPSA) is 51.2 Å². The molecule has 3 nitrogen and oxygen atoms in total. The van der Waals surface area contributed by atoms with Crippen LogP contribution in [0.2, 0.25) is 0 Å². The monoisotopic (exact) mass is 294 g/mol. The zero-order valence-corrected chi connectivity index (χ0v) is 11.2. The smallest absolute Gasteiger partial charge is 0.101 e. The average Bonchev–Trinajstić information content (AvgIpc) is 2.73. The molecule has 1 unspecified atom stereocenters. The van der Waals surface area contributed by atoms with Gasteiger partial charge in [-0.25, -0.2) is 0 Å². The third-order valence-corrected chi connectivity index (χ3v) is 3.18. The van der Waals surface area contributed by atoms with Gasteiger partial charge >= 0.3 is 0 Å². The van der Waals surface area contributed by atoms with E-state index in [1.165, 1.54) is 5.56 Å². The summed E-state index contributed by atoms with van der Waals surface area (Å²) in [6.45, 7) is 1.93. The van der Waals surface area contributed by atoms with E-state index in [2.05, 4.69) is 33.5 Å². The number of hydrogen-bond donors (Lipinski definition) is 2. The van der Waals surface area contributed by atoms with E-state index in [-0.39, 0.29) is 6.04 Å². The van der Waals surface area contributed by atoms with Gasteiger partial charge in [-0.2, -0.15) is 0 Å². The fourth-order valence-electron chi connectivity index (χ4n) is 1.82. The Morgan fingerprint density at radius 2 is 2.24 bits per heavy atom. The van der Waals surface area contributed by atoms with Crippen LogP contribution in [-0.2, 0) is 6.42 Å². The summed E-state index contributed by atoms with van der Waals surface area (Å²) in [5, 5.41) is 0. The lowest BCUT2D eigenvalue weighted by molar-refractivity contribution is 0.511. The first-order valence-corrected chi connectivity index (χ1v) is 6.24. The minimum Gasteiger partial charge on any atom is -0.469 e. The molecule has 1 atom stereocenters. The molecule has 0 radical (unpaired) electrons. The number of furan rings is 1. The molecule has 0 saturated heterocycles. The number of aryl methyl sites for hydroxylation is 1. The summed E-state index contributed by atoms with van der Waals surface area (Å²) in [7, 11) is 0. The van der Waals surface area contributed by atoms with Gasteiger partial charge < -0.3 is 4.42 Å². The van der Waals surface area contributed by atoms with Crippen LogP contribution in [0, 0.1) is 6.92 Å². The molecule has 2 aromatic rings. The third kappa shape index (κ3) is 3.19. The van der Waals surface area contributed by atoms with Gasteiger partial charge in [0.1, 0.15) is 5.76 Å². The maximum Gasteiger partial charge on any atom is 0.101 e. The molecule has 1 heterocycles. The zero-order chi connectivity index (χ0) is 12.3. The Morgan fingerprint density at radius 3 is 2.82 bits per heavy atom. The fourth-order valence-corrected chi connectivity index (χ4v) is 2.27. The Kier molecular flexibility index (Phi) is 3.99. The lowest BCUT2D eigenvalue weighted by Crippen LogP contribution is -2.29. The molecule has 1 aromatic heterocycles. The van der Waals surface area contributed by atoms with Gasteiger partial charge in [0.25, 0.3) is 0 Å². The van der Waals surface area contributed by atoms with Gasteiger partial charge in [0.2, 0.25) is 0 Å². The molecule has 0 spiro atoms. The molecule has 0 aliphatic carbocycles. The van der Waals surface area contributed by atoms with Gasteiger partial charge in [-0.15, -0.1) is 0 Å². The number of benzene rings is 1. The number of hydrazine groups is 1. The van der Waals surface area contributed by atoms with Crippen molar-refractivity contribution in [3.05, 3.63) is 58.0 Å². The van der Waals surface area contributed by atoms with Gasteiger partial charge in [0.05, 0.1) is 12.3 Å². The molecule has 0 bridgehead atoms. The first-order valence-electron chi connectivity index (χ1n) is 5.44. The van der Waals surface area contributed by atoms with Crippen LogP contribution >= 0.6 is 15.9 Å². The molecule has 3 N–H and O–H groups in total. The molecule has 2 rings (SSSR count). The second-order valence-electron chi connectivity index (χ2n) is 4.04. The van der Waals surface area contributed by atoms with Crippen LogP contribution in [0.5, 0.6) is 0 Å². The fraction of sp³-hybridized carbons (Fsp3) is 0.231. The third-order valence-electron chi connectivity index (χ3n) is 2.68. The molecule has 0 amide bonds. The highest BCUT2D eigenvalue weighted by Crippen LogP contribution is 2.21. The molecule has 1 aromatic carbocycles. The first-order chi connectivity index (χ1) is 8.19. The standard InChI is InChI=1S/C13H15BrN2O/c1-9-5-11(8-17-9)13(16-15)7-10-3-2-4-12(14)6-10/h2-6,8,13,16H,7,15H2,1H3. The molecular formula is C13H15BrN2O. The van der Waals surface area contributed by atoms with Crippen LogP contribution in [0.1, 0.15) is 22.9 Å². The maximum absolute atomic E-state index is 5.60. The highest BCUT2D eigenvalue weighted by molar-refractivity contribution is 9.10. The van der Waals surface area contributed by atoms with E-state index in [4.69, 9.17) is 10.3 Å². The number of rotatable bonds is 4. The SMILES string of the molecule is Cc1cc(C(Cc2cccc(Br)c2)NN)co1. The summed E-state index contributed by atoms with van der Waals surface area (Å²) < 4.78 is 6.38. The Bertz CT molecular complexity index is 496. The number of hydrogen-bond acceptors (Lipinski definition) is 3. The maximum atomic E-state index is 5.60. The molecule has 0 aliphatic heterocycles. The molecular weight excluding hydrogens is 280 g/mol. The molecule has 0 fully saturated rings. The quantitative estimate of drug-likeness (QED) is 0.673. The normalized spacial score (nSPS) is 12.6. The number of nitrogens with one attached hydrogen (secondary N) is 1. The van der Waals surface area contributed by atoms with E-state index in [0.29, 0.717) is 0 Å². The second kappa shape index (κ2) is 5.49. The largest absolute Gasteiger partial charge is 0.469 e. The van der Waals surface area contributed by atoms with Crippen molar-refractivity contribution in [2.45, 2.75) is 19.4 Å². The Hall–Kier alpha value is -1.10. The van der Waals surface area contributed by atoms with Crippen molar-refractivity contribution in [2.75, 3.05) is 0 Å². The van der Waals surface area contributed by atoms with E-state index in [1.807, 2.05) is 25.1 Å². The van der Waals surface area contributed by atoms with E-state index >= 15 is 0 Å². The summed E-state index contributed by atoms with van der Waals surface area (Å²) in [4.78, 5) is 0. The van der Waals surface area contributed by atoms with Crippen molar-refractivity contribution in [1.82, 2.24) is 5.43 Å². The van der Waals surface area contributed by atoms with Crippen molar-refractivity contribution in [1.29, 1.82) is 0 Å². The number of halogens is 1. The van der Waals surface area contributed by atoms with Crippen molar-refractivity contribution < 1.29 is 4.42 Å². The lowest BCUT2D eigenvalue weighted by atomic mass is 10.0. The molecule has 17 heavy (non-hydrogen) atoms. The summed E-state index contributed by atoms with van der Waals surface area (Å²) in [6.07, 6.45) is 2.58. The van der Waals surface area contributed by atoms with E-state index in [1.54, 1.807) is 6.26 Å². The highest BCUT2D eigenvalue weighted by atomic mass is 79.9. The average molecular weight is 295 g/mol. The number of nitrogens with two attached hydrogens (primary N) is 1. The summed E-state index contributed by atoms with van der Waals surface area (Å²) in [6, 6.07) is 10.3. The minimum absolute atomic E-state index is 0.0711. The van der Waals surface area contributed by atoms with E-state index in [9.17, 15) is 0 Å². The van der Waals surface area contributed by atoms with Gasteiger partial charge in [-0.05, 0) is 37.1 Å². The van der Waals surface area contributed by atoms with Crippen LogP contribution in [0.3, 0.4) is 0 Å². The lowest BCUT2D eigenvalue weighted by Gasteiger charge is -2.14. The summed E-state index contributed by atoms with van der Waals surface area (Å²) in [5.41, 5.74) is 5.12. The van der Waals surface area contributed by atoms with Crippen LogP contribution in [0.15, 0.2) is 45.5 Å². The van der Waals surface area contributed by atoms with Gasteiger partial charge in [-0.3, -0.25) is 11.3 Å². The summed E-state index contributed by atoms with van der Waals surface area (Å²) in [5.74, 6) is 6.49. The van der Waals surface area contributed by atoms with Crippen LogP contribution in [-0.4, -0.2) is 0 Å². The first kappa shape index (κ1) is 12.4. The Labute approximate surface area is 109 Å². The minimum atomic E-state index is 0.0711. The highest BCUT2D eigenvalue weighted by Gasteiger charge is 2.12. The van der Waals surface area contributed by atoms with Crippen LogP contribution in [0.4, 0.5) is 0 Å². The van der Waals surface area contributed by atoms with E-state index in [0.717, 1.165) is 22.2 Å². The van der Waals surface area contributed by atoms with Crippen molar-refractivity contribution in [2.24, 2.45) is 5.84 Å². The van der Waals surface area contributed by atoms with Crippen LogP contribution in [0.25, 0.3) is 0 Å². The van der Waals surface area contributed by atoms with Crippen molar-refractivity contribution in [3.8, 4) is 0 Å². The zero-order valence-electron chi connectivity index (χ0n) is 9.61. The van der Waals surface area contributed by atoms with Gasteiger partial charge in [0, 0.05) is 10.0 Å². The van der Waals surface area contributed by atoms with E-state index < -0.39 is 0 Å². The van der Waals surface area contributed by atoms with Gasteiger partial charge in [-0.1, -0.05) is 28.1 Å². The Balaban J connectivity index is 2.15. The summed E-state index contributed by atoms with van der Waals surface area (Å²) >= 11 is 3.46. The molecule has 4 heteroatoms. The molecule has 0 saturated carbocycles. The van der Waals surface area contributed by atoms with Crippen molar-refractivity contribution in [3.63, 3.8) is 0 Å².